The van der Waals surface area contributed by atoms with E-state index in [9.17, 15) is 18.0 Å². The van der Waals surface area contributed by atoms with E-state index in [0.29, 0.717) is 0 Å². The van der Waals surface area contributed by atoms with Crippen LogP contribution in [-0.2, 0) is 14.3 Å². The maximum absolute atomic E-state index is 11.6. The Balaban J connectivity index is 2.45. The first kappa shape index (κ1) is 9.47. The summed E-state index contributed by atoms with van der Waals surface area (Å²) in [6, 6.07) is 0. The first-order chi connectivity index (χ1) is 5.49. The maximum Gasteiger partial charge on any atom is 0.523 e. The minimum atomic E-state index is -4.76. The first-order valence-corrected chi connectivity index (χ1v) is 3.34. The van der Waals surface area contributed by atoms with Crippen molar-refractivity contribution >= 4 is 5.78 Å². The molecule has 1 fully saturated rings. The summed E-state index contributed by atoms with van der Waals surface area (Å²) in [7, 11) is 0. The van der Waals surface area contributed by atoms with Crippen LogP contribution in [0.15, 0.2) is 0 Å². The SMILES string of the molecule is O=C1CCOCC1OC(F)(F)F. The molecule has 0 aliphatic carbocycles. The minimum absolute atomic E-state index is 0.0131. The van der Waals surface area contributed by atoms with E-state index in [0.717, 1.165) is 0 Å². The highest BCUT2D eigenvalue weighted by Crippen LogP contribution is 2.21. The first-order valence-electron chi connectivity index (χ1n) is 3.34. The molecule has 1 atom stereocenters. The topological polar surface area (TPSA) is 35.5 Å². The number of alkyl halides is 3. The Morgan fingerprint density at radius 2 is 2.17 bits per heavy atom. The van der Waals surface area contributed by atoms with Gasteiger partial charge in [0.1, 0.15) is 6.10 Å². The smallest absolute Gasteiger partial charge is 0.378 e. The summed E-state index contributed by atoms with van der Waals surface area (Å²) in [6.07, 6.45) is -6.25. The highest BCUT2D eigenvalue weighted by atomic mass is 19.4. The monoisotopic (exact) mass is 184 g/mol. The van der Waals surface area contributed by atoms with Crippen molar-refractivity contribution in [3.05, 3.63) is 0 Å². The molecular formula is C6H7F3O3. The number of hydrogen-bond donors (Lipinski definition) is 0. The van der Waals surface area contributed by atoms with E-state index in [1.807, 2.05) is 0 Å². The molecule has 1 aliphatic rings. The zero-order chi connectivity index (χ0) is 9.19. The van der Waals surface area contributed by atoms with Crippen molar-refractivity contribution in [3.8, 4) is 0 Å². The van der Waals surface area contributed by atoms with Gasteiger partial charge in [0.2, 0.25) is 0 Å². The fraction of sp³-hybridized carbons (Fsp3) is 0.833. The molecule has 1 unspecified atom stereocenters. The lowest BCUT2D eigenvalue weighted by Gasteiger charge is -2.21. The summed E-state index contributed by atoms with van der Waals surface area (Å²) in [5.74, 6) is -0.557. The van der Waals surface area contributed by atoms with Crippen LogP contribution in [0, 0.1) is 0 Å². The van der Waals surface area contributed by atoms with E-state index in [1.165, 1.54) is 0 Å². The van der Waals surface area contributed by atoms with Gasteiger partial charge < -0.3 is 4.74 Å². The van der Waals surface area contributed by atoms with Crippen LogP contribution in [-0.4, -0.2) is 31.5 Å². The summed E-state index contributed by atoms with van der Waals surface area (Å²) in [5, 5.41) is 0. The molecule has 0 radical (unpaired) electrons. The van der Waals surface area contributed by atoms with Gasteiger partial charge in [-0.05, 0) is 0 Å². The van der Waals surface area contributed by atoms with Crippen LogP contribution in [0.4, 0.5) is 13.2 Å². The second-order valence-electron chi connectivity index (χ2n) is 2.34. The summed E-state index contributed by atoms with van der Waals surface area (Å²) < 4.78 is 42.9. The van der Waals surface area contributed by atoms with Gasteiger partial charge in [-0.1, -0.05) is 0 Å². The highest BCUT2D eigenvalue weighted by Gasteiger charge is 2.37. The normalized spacial score (nSPS) is 25.9. The number of halogens is 3. The molecule has 0 aromatic carbocycles. The third-order valence-corrected chi connectivity index (χ3v) is 1.40. The molecule has 0 aromatic rings. The molecule has 70 valence electrons. The fourth-order valence-corrected chi connectivity index (χ4v) is 0.878. The van der Waals surface area contributed by atoms with Crippen molar-refractivity contribution < 1.29 is 27.4 Å². The quantitative estimate of drug-likeness (QED) is 0.606. The maximum atomic E-state index is 11.6. The summed E-state index contributed by atoms with van der Waals surface area (Å²) >= 11 is 0. The number of Topliss-reactive ketones (excluding diaryl/α,β-unsaturated/α-hetero) is 1. The van der Waals surface area contributed by atoms with Crippen LogP contribution in [0.1, 0.15) is 6.42 Å². The molecule has 3 nitrogen and oxygen atoms in total. The Kier molecular flexibility index (Phi) is 2.69. The number of ether oxygens (including phenoxy) is 2. The van der Waals surface area contributed by atoms with Gasteiger partial charge in [0.05, 0.1) is 13.2 Å². The van der Waals surface area contributed by atoms with Crippen molar-refractivity contribution in [2.45, 2.75) is 18.9 Å². The van der Waals surface area contributed by atoms with Gasteiger partial charge in [0, 0.05) is 6.42 Å². The summed E-state index contributed by atoms with van der Waals surface area (Å²) in [4.78, 5) is 10.8. The Bertz CT molecular complexity index is 177. The number of carbonyl (C=O) groups is 1. The zero-order valence-corrected chi connectivity index (χ0v) is 6.06. The van der Waals surface area contributed by atoms with E-state index < -0.39 is 18.2 Å². The van der Waals surface area contributed by atoms with Gasteiger partial charge in [0.25, 0.3) is 0 Å². The Hall–Kier alpha value is -0.620. The van der Waals surface area contributed by atoms with Crippen LogP contribution in [0.25, 0.3) is 0 Å². The second kappa shape index (κ2) is 3.40. The molecule has 0 bridgehead atoms. The van der Waals surface area contributed by atoms with Gasteiger partial charge in [0.15, 0.2) is 5.78 Å². The molecule has 6 heteroatoms. The van der Waals surface area contributed by atoms with E-state index in [4.69, 9.17) is 0 Å². The lowest BCUT2D eigenvalue weighted by atomic mass is 10.1. The molecule has 1 heterocycles. The average Bonchev–Trinajstić information content (AvgIpc) is 1.91. The summed E-state index contributed by atoms with van der Waals surface area (Å²) in [6.45, 7) is -0.130. The molecule has 1 aliphatic heterocycles. The Labute approximate surface area is 66.4 Å². The second-order valence-corrected chi connectivity index (χ2v) is 2.34. The predicted octanol–water partition coefficient (Wildman–Crippen LogP) is 0.881. The van der Waals surface area contributed by atoms with Crippen molar-refractivity contribution in [1.82, 2.24) is 0 Å². The molecule has 0 N–H and O–H groups in total. The molecule has 0 aromatic heterocycles. The van der Waals surface area contributed by atoms with Crippen LogP contribution in [0.2, 0.25) is 0 Å². The molecule has 0 saturated carbocycles. The predicted molar refractivity (Wildman–Crippen MR) is 31.4 cm³/mol. The van der Waals surface area contributed by atoms with E-state index in [1.54, 1.807) is 0 Å². The minimum Gasteiger partial charge on any atom is -0.378 e. The highest BCUT2D eigenvalue weighted by molar-refractivity contribution is 5.83. The van der Waals surface area contributed by atoms with Crippen molar-refractivity contribution in [2.24, 2.45) is 0 Å². The Morgan fingerprint density at radius 3 is 2.67 bits per heavy atom. The fourth-order valence-electron chi connectivity index (χ4n) is 0.878. The standard InChI is InChI=1S/C6H7F3O3/c7-6(8,9)12-5-3-11-2-1-4(5)10/h5H,1-3H2. The number of carbonyl (C=O) groups excluding carboxylic acids is 1. The van der Waals surface area contributed by atoms with Gasteiger partial charge in [-0.3, -0.25) is 9.53 Å². The number of hydrogen-bond acceptors (Lipinski definition) is 3. The number of rotatable bonds is 1. The molecule has 1 saturated heterocycles. The van der Waals surface area contributed by atoms with Crippen molar-refractivity contribution in [2.75, 3.05) is 13.2 Å². The Morgan fingerprint density at radius 1 is 1.50 bits per heavy atom. The van der Waals surface area contributed by atoms with E-state index in [-0.39, 0.29) is 19.6 Å². The molecule has 12 heavy (non-hydrogen) atoms. The van der Waals surface area contributed by atoms with Crippen molar-refractivity contribution in [3.63, 3.8) is 0 Å². The lowest BCUT2D eigenvalue weighted by Crippen LogP contribution is -2.38. The van der Waals surface area contributed by atoms with E-state index in [2.05, 4.69) is 9.47 Å². The van der Waals surface area contributed by atoms with Gasteiger partial charge in [-0.25, -0.2) is 0 Å². The third kappa shape index (κ3) is 2.78. The molecule has 0 spiro atoms. The lowest BCUT2D eigenvalue weighted by molar-refractivity contribution is -0.342. The van der Waals surface area contributed by atoms with Crippen LogP contribution in [0.3, 0.4) is 0 Å². The van der Waals surface area contributed by atoms with Crippen LogP contribution in [0.5, 0.6) is 0 Å². The summed E-state index contributed by atoms with van der Waals surface area (Å²) in [5.41, 5.74) is 0. The molecule has 0 amide bonds. The molecular weight excluding hydrogens is 177 g/mol. The van der Waals surface area contributed by atoms with Gasteiger partial charge in [-0.2, -0.15) is 0 Å². The van der Waals surface area contributed by atoms with Crippen molar-refractivity contribution in [1.29, 1.82) is 0 Å². The largest absolute Gasteiger partial charge is 0.523 e. The van der Waals surface area contributed by atoms with Crippen LogP contribution < -0.4 is 0 Å². The van der Waals surface area contributed by atoms with Gasteiger partial charge >= 0.3 is 6.36 Å². The van der Waals surface area contributed by atoms with E-state index >= 15 is 0 Å². The molecule has 1 rings (SSSR count). The third-order valence-electron chi connectivity index (χ3n) is 1.40. The number of ketones is 1. The zero-order valence-electron chi connectivity index (χ0n) is 6.06. The average molecular weight is 184 g/mol. The van der Waals surface area contributed by atoms with Gasteiger partial charge in [-0.15, -0.1) is 13.2 Å². The van der Waals surface area contributed by atoms with Crippen LogP contribution >= 0.6 is 0 Å².